The fraction of sp³-hybridized carbons (Fsp3) is 0.0333. The molecule has 1 amide bonds. The molecule has 0 aliphatic carbocycles. The highest BCUT2D eigenvalue weighted by Crippen LogP contribution is 2.30. The lowest BCUT2D eigenvalue weighted by Crippen LogP contribution is -2.13. The van der Waals surface area contributed by atoms with Crippen LogP contribution in [0.25, 0.3) is 27.7 Å². The zero-order valence-electron chi connectivity index (χ0n) is 20.0. The van der Waals surface area contributed by atoms with Crippen molar-refractivity contribution in [2.24, 2.45) is 0 Å². The van der Waals surface area contributed by atoms with Crippen LogP contribution in [0.15, 0.2) is 108 Å². The lowest BCUT2D eigenvalue weighted by Gasteiger charge is -2.13. The molecule has 0 atom stereocenters. The molecule has 6 nitrogen and oxygen atoms in total. The second-order valence-corrected chi connectivity index (χ2v) is 10.0. The molecule has 0 spiro atoms. The molecule has 0 saturated carbocycles. The van der Waals surface area contributed by atoms with Gasteiger partial charge in [-0.05, 0) is 56.5 Å². The molecule has 0 bridgehead atoms. The normalized spacial score (nSPS) is 11.1. The predicted molar refractivity (Wildman–Crippen MR) is 157 cm³/mol. The number of carbonyl (C=O) groups is 1. The van der Waals surface area contributed by atoms with Gasteiger partial charge in [0.05, 0.1) is 16.4 Å². The third-order valence-corrected chi connectivity index (χ3v) is 7.16. The predicted octanol–water partition coefficient (Wildman–Crippen LogP) is 7.83. The van der Waals surface area contributed by atoms with Gasteiger partial charge < -0.3 is 10.6 Å². The van der Waals surface area contributed by atoms with Gasteiger partial charge in [-0.1, -0.05) is 78.3 Å². The number of amides is 1. The summed E-state index contributed by atoms with van der Waals surface area (Å²) in [6, 6.07) is 31.0. The van der Waals surface area contributed by atoms with Crippen LogP contribution < -0.4 is 10.6 Å². The summed E-state index contributed by atoms with van der Waals surface area (Å²) in [5.41, 5.74) is 4.62. The number of halogens is 2. The number of nitrogens with one attached hydrogen (secondary N) is 2. The summed E-state index contributed by atoms with van der Waals surface area (Å²) < 4.78 is 2.53. The number of hydrogen-bond acceptors (Lipinski definition) is 4. The summed E-state index contributed by atoms with van der Waals surface area (Å²) in [7, 11) is 0. The molecule has 0 aliphatic rings. The van der Waals surface area contributed by atoms with E-state index in [1.54, 1.807) is 10.7 Å². The van der Waals surface area contributed by atoms with E-state index >= 15 is 0 Å². The van der Waals surface area contributed by atoms with Gasteiger partial charge in [-0.3, -0.25) is 4.79 Å². The Morgan fingerprint density at radius 3 is 2.61 bits per heavy atom. The monoisotopic (exact) mass is 581 g/mol. The number of aromatic nitrogens is 3. The van der Waals surface area contributed by atoms with Crippen molar-refractivity contribution in [2.45, 2.75) is 6.54 Å². The topological polar surface area (TPSA) is 71.3 Å². The van der Waals surface area contributed by atoms with Crippen molar-refractivity contribution in [2.75, 3.05) is 10.6 Å². The fourth-order valence-corrected chi connectivity index (χ4v) is 5.02. The Kier molecular flexibility index (Phi) is 6.54. The minimum absolute atomic E-state index is 0.145. The summed E-state index contributed by atoms with van der Waals surface area (Å²) in [6.45, 7) is 0.510. The van der Waals surface area contributed by atoms with E-state index in [-0.39, 0.29) is 5.91 Å². The number of rotatable bonds is 6. The summed E-state index contributed by atoms with van der Waals surface area (Å²) in [6.07, 6.45) is 1.72. The van der Waals surface area contributed by atoms with Crippen molar-refractivity contribution >= 4 is 61.4 Å². The van der Waals surface area contributed by atoms with Gasteiger partial charge in [-0.15, -0.1) is 0 Å². The van der Waals surface area contributed by atoms with E-state index in [4.69, 9.17) is 16.6 Å². The average Bonchev–Trinajstić information content (AvgIpc) is 3.32. The number of fused-ring (bicyclic) bond motifs is 2. The first kappa shape index (κ1) is 24.2. The minimum Gasteiger partial charge on any atom is -0.366 e. The first-order valence-electron chi connectivity index (χ1n) is 12.0. The lowest BCUT2D eigenvalue weighted by atomic mass is 10.0. The molecule has 4 aromatic carbocycles. The van der Waals surface area contributed by atoms with Crippen LogP contribution in [0.1, 0.15) is 15.9 Å². The molecule has 0 aliphatic heterocycles. The summed E-state index contributed by atoms with van der Waals surface area (Å²) in [5.74, 6) is 0.620. The number of nitrogens with zero attached hydrogens (tertiary/aromatic N) is 3. The van der Waals surface area contributed by atoms with Crippen LogP contribution in [-0.2, 0) is 6.54 Å². The van der Waals surface area contributed by atoms with Crippen LogP contribution in [0, 0.1) is 0 Å². The Morgan fingerprint density at radius 2 is 1.71 bits per heavy atom. The fourth-order valence-electron chi connectivity index (χ4n) is 4.44. The zero-order chi connectivity index (χ0) is 26.1. The molecular weight excluding hydrogens is 562 g/mol. The molecule has 2 aromatic heterocycles. The van der Waals surface area contributed by atoms with E-state index in [1.807, 2.05) is 97.1 Å². The van der Waals surface area contributed by atoms with Gasteiger partial charge in [0.2, 0.25) is 0 Å². The van der Waals surface area contributed by atoms with E-state index in [0.29, 0.717) is 22.8 Å². The summed E-state index contributed by atoms with van der Waals surface area (Å²) in [4.78, 5) is 17.9. The largest absolute Gasteiger partial charge is 0.366 e. The highest BCUT2D eigenvalue weighted by Gasteiger charge is 2.14. The first-order chi connectivity index (χ1) is 18.6. The number of carbonyl (C=O) groups excluding carboxylic acids is 1. The first-order valence-corrected chi connectivity index (χ1v) is 13.1. The van der Waals surface area contributed by atoms with Crippen LogP contribution in [-0.4, -0.2) is 20.5 Å². The van der Waals surface area contributed by atoms with Gasteiger partial charge in [-0.25, -0.2) is 4.98 Å². The highest BCUT2D eigenvalue weighted by atomic mass is 79.9. The third kappa shape index (κ3) is 4.74. The van der Waals surface area contributed by atoms with Crippen LogP contribution in [0.2, 0.25) is 5.02 Å². The zero-order valence-corrected chi connectivity index (χ0v) is 22.4. The van der Waals surface area contributed by atoms with Gasteiger partial charge in [-0.2, -0.15) is 9.61 Å². The van der Waals surface area contributed by atoms with E-state index in [1.165, 1.54) is 0 Å². The van der Waals surface area contributed by atoms with Crippen LogP contribution in [0.5, 0.6) is 0 Å². The molecule has 6 rings (SSSR count). The molecular formula is C30H21BrClN5O. The second-order valence-electron chi connectivity index (χ2n) is 8.77. The van der Waals surface area contributed by atoms with E-state index in [0.717, 1.165) is 43.6 Å². The molecule has 0 unspecified atom stereocenters. The van der Waals surface area contributed by atoms with Crippen molar-refractivity contribution in [1.82, 2.24) is 14.6 Å². The molecule has 6 aromatic rings. The minimum atomic E-state index is -0.145. The van der Waals surface area contributed by atoms with E-state index in [2.05, 4.69) is 31.7 Å². The van der Waals surface area contributed by atoms with Crippen molar-refractivity contribution in [3.8, 4) is 11.3 Å². The average molecular weight is 583 g/mol. The quantitative estimate of drug-likeness (QED) is 0.210. The smallest absolute Gasteiger partial charge is 0.256 e. The van der Waals surface area contributed by atoms with Gasteiger partial charge >= 0.3 is 0 Å². The van der Waals surface area contributed by atoms with Gasteiger partial charge in [0.25, 0.3) is 5.91 Å². The Morgan fingerprint density at radius 1 is 0.921 bits per heavy atom. The molecule has 38 heavy (non-hydrogen) atoms. The van der Waals surface area contributed by atoms with E-state index < -0.39 is 0 Å². The van der Waals surface area contributed by atoms with Crippen LogP contribution in [0.3, 0.4) is 0 Å². The standard InChI is InChI=1S/C30H21BrClN5O/c31-25-18-34-37-28(16-27(36-29(25)37)24-12-3-4-14-26(24)32)33-17-19-7-5-10-21(15-19)35-30(38)23-13-6-9-20-8-1-2-11-22(20)23/h1-16,18,33H,17H2,(H,35,38). The van der Waals surface area contributed by atoms with Crippen molar-refractivity contribution in [1.29, 1.82) is 0 Å². The maximum absolute atomic E-state index is 13.1. The molecule has 2 N–H and O–H groups in total. The molecule has 0 radical (unpaired) electrons. The van der Waals surface area contributed by atoms with Crippen molar-refractivity contribution in [3.05, 3.63) is 124 Å². The Labute approximate surface area is 232 Å². The number of benzene rings is 4. The summed E-state index contributed by atoms with van der Waals surface area (Å²) in [5, 5.41) is 13.5. The van der Waals surface area contributed by atoms with Gasteiger partial charge in [0.15, 0.2) is 5.65 Å². The van der Waals surface area contributed by atoms with Crippen LogP contribution >= 0.6 is 27.5 Å². The van der Waals surface area contributed by atoms with Crippen LogP contribution in [0.4, 0.5) is 11.5 Å². The molecule has 0 fully saturated rings. The molecule has 186 valence electrons. The number of anilines is 2. The Hall–Kier alpha value is -4.20. The maximum Gasteiger partial charge on any atom is 0.256 e. The maximum atomic E-state index is 13.1. The van der Waals surface area contributed by atoms with Gasteiger partial charge in [0, 0.05) is 34.4 Å². The third-order valence-electron chi connectivity index (χ3n) is 6.27. The molecule has 0 saturated heterocycles. The highest BCUT2D eigenvalue weighted by molar-refractivity contribution is 9.10. The van der Waals surface area contributed by atoms with Gasteiger partial charge in [0.1, 0.15) is 5.82 Å². The summed E-state index contributed by atoms with van der Waals surface area (Å²) >= 11 is 10.00. The second kappa shape index (κ2) is 10.3. The lowest BCUT2D eigenvalue weighted by molar-refractivity contribution is 0.102. The van der Waals surface area contributed by atoms with Crippen molar-refractivity contribution < 1.29 is 4.79 Å². The molecule has 8 heteroatoms. The molecule has 2 heterocycles. The SMILES string of the molecule is O=C(Nc1cccc(CNc2cc(-c3ccccc3Cl)nc3c(Br)cnn23)c1)c1cccc2ccccc12. The Balaban J connectivity index is 1.25. The van der Waals surface area contributed by atoms with E-state index in [9.17, 15) is 4.79 Å². The van der Waals surface area contributed by atoms with Crippen molar-refractivity contribution in [3.63, 3.8) is 0 Å². The Bertz CT molecular complexity index is 1810. The number of hydrogen-bond donors (Lipinski definition) is 2.